The fourth-order valence-corrected chi connectivity index (χ4v) is 3.29. The largest absolute Gasteiger partial charge is 0.319 e. The number of carbonyl (C=O) groups excluding carboxylic acids is 2. The number of amides is 3. The third kappa shape index (κ3) is 1.56. The van der Waals surface area contributed by atoms with Crippen LogP contribution in [0.15, 0.2) is 0 Å². The van der Waals surface area contributed by atoms with E-state index in [1.165, 1.54) is 4.57 Å². The van der Waals surface area contributed by atoms with Gasteiger partial charge in [-0.2, -0.15) is 0 Å². The number of hydrogen-bond acceptors (Lipinski definition) is 2. The van der Waals surface area contributed by atoms with Crippen molar-refractivity contribution in [3.8, 4) is 0 Å². The molecule has 0 aromatic rings. The Kier molecular flexibility index (Phi) is 2.71. The molecule has 0 aliphatic carbocycles. The summed E-state index contributed by atoms with van der Waals surface area (Å²) in [6.45, 7) is 10.3. The molecule has 0 saturated carbocycles. The first-order valence-electron chi connectivity index (χ1n) is 4.95. The molecule has 14 heavy (non-hydrogen) atoms. The molecule has 1 unspecified atom stereocenters. The molecule has 0 aromatic heterocycles. The normalized spacial score (nSPS) is 23.6. The number of hydrogen-bond donors (Lipinski definition) is 0. The van der Waals surface area contributed by atoms with Crippen LogP contribution in [-0.2, 0) is 4.79 Å². The van der Waals surface area contributed by atoms with Gasteiger partial charge in [-0.05, 0) is 13.8 Å². The topological polar surface area (TPSA) is 40.6 Å². The molecule has 0 N–H and O–H groups in total. The zero-order chi connectivity index (χ0) is 11.1. The van der Waals surface area contributed by atoms with Crippen molar-refractivity contribution in [1.29, 1.82) is 0 Å². The maximum absolute atomic E-state index is 11.9. The van der Waals surface area contributed by atoms with E-state index >= 15 is 0 Å². The summed E-state index contributed by atoms with van der Waals surface area (Å²) in [6.07, 6.45) is 0. The highest BCUT2D eigenvalue weighted by Crippen LogP contribution is 2.23. The van der Waals surface area contributed by atoms with Crippen LogP contribution in [0.3, 0.4) is 0 Å². The SMILES string of the molecule is CCN1C(=O)N([Si](C)(C)C)C(=O)C1C. The van der Waals surface area contributed by atoms with Crippen LogP contribution >= 0.6 is 0 Å². The highest BCUT2D eigenvalue weighted by molar-refractivity contribution is 6.78. The first kappa shape index (κ1) is 11.2. The maximum Gasteiger partial charge on any atom is 0.319 e. The molecule has 4 nitrogen and oxygen atoms in total. The van der Waals surface area contributed by atoms with Gasteiger partial charge in [-0.1, -0.05) is 19.6 Å². The van der Waals surface area contributed by atoms with E-state index < -0.39 is 8.24 Å². The van der Waals surface area contributed by atoms with Gasteiger partial charge in [-0.15, -0.1) is 0 Å². The van der Waals surface area contributed by atoms with Crippen LogP contribution in [0, 0.1) is 0 Å². The summed E-state index contributed by atoms with van der Waals surface area (Å²) in [4.78, 5) is 25.3. The lowest BCUT2D eigenvalue weighted by Crippen LogP contribution is -2.50. The lowest BCUT2D eigenvalue weighted by Gasteiger charge is -2.27. The minimum atomic E-state index is -1.86. The molecular weight excluding hydrogens is 196 g/mol. The second kappa shape index (κ2) is 3.38. The minimum absolute atomic E-state index is 0.0315. The molecule has 1 aliphatic heterocycles. The highest BCUT2D eigenvalue weighted by Gasteiger charge is 2.46. The van der Waals surface area contributed by atoms with E-state index in [0.717, 1.165) is 0 Å². The van der Waals surface area contributed by atoms with Crippen LogP contribution in [0.2, 0.25) is 19.6 Å². The Morgan fingerprint density at radius 2 is 1.79 bits per heavy atom. The Bertz CT molecular complexity index is 272. The number of rotatable bonds is 2. The van der Waals surface area contributed by atoms with E-state index in [1.54, 1.807) is 11.8 Å². The summed E-state index contributed by atoms with van der Waals surface area (Å²) in [7, 11) is -1.86. The van der Waals surface area contributed by atoms with Gasteiger partial charge in [0.05, 0.1) is 0 Å². The lowest BCUT2D eigenvalue weighted by atomic mass is 10.3. The molecule has 1 heterocycles. The Labute approximate surface area is 86.0 Å². The summed E-state index contributed by atoms with van der Waals surface area (Å²) >= 11 is 0. The quantitative estimate of drug-likeness (QED) is 0.516. The summed E-state index contributed by atoms with van der Waals surface area (Å²) in [5.74, 6) is -0.0315. The van der Waals surface area contributed by atoms with Gasteiger partial charge in [0.1, 0.15) is 6.04 Å². The summed E-state index contributed by atoms with van der Waals surface area (Å²) in [5, 5.41) is 0. The third-order valence-electron chi connectivity index (χ3n) is 2.49. The first-order chi connectivity index (χ1) is 6.30. The van der Waals surface area contributed by atoms with Gasteiger partial charge in [0.15, 0.2) is 8.24 Å². The predicted octanol–water partition coefficient (Wildman–Crippen LogP) is 1.49. The molecule has 0 spiro atoms. The lowest BCUT2D eigenvalue weighted by molar-refractivity contribution is -0.125. The Morgan fingerprint density at radius 1 is 1.29 bits per heavy atom. The van der Waals surface area contributed by atoms with Gasteiger partial charge in [0.2, 0.25) is 5.91 Å². The Morgan fingerprint density at radius 3 is 2.00 bits per heavy atom. The van der Waals surface area contributed by atoms with Gasteiger partial charge in [-0.3, -0.25) is 9.36 Å². The standard InChI is InChI=1S/C9H18N2O2Si/c1-6-10-7(2)8(12)11(9(10)13)14(3,4)5/h7H,6H2,1-5H3. The van der Waals surface area contributed by atoms with Crippen molar-refractivity contribution in [2.75, 3.05) is 6.54 Å². The monoisotopic (exact) mass is 214 g/mol. The second-order valence-corrected chi connectivity index (χ2v) is 9.38. The number of likely N-dealkylation sites (N-methyl/N-ethyl adjacent to an activating group) is 1. The van der Waals surface area contributed by atoms with Crippen LogP contribution in [-0.4, -0.2) is 42.2 Å². The zero-order valence-corrected chi connectivity index (χ0v) is 10.5. The fraction of sp³-hybridized carbons (Fsp3) is 0.778. The number of nitrogens with zero attached hydrogens (tertiary/aromatic N) is 2. The predicted molar refractivity (Wildman–Crippen MR) is 57.4 cm³/mol. The van der Waals surface area contributed by atoms with Crippen molar-refractivity contribution in [3.05, 3.63) is 0 Å². The molecule has 0 bridgehead atoms. The molecule has 1 atom stereocenters. The average molecular weight is 214 g/mol. The smallest absolute Gasteiger partial charge is 0.314 e. The molecule has 1 aliphatic rings. The molecule has 5 heteroatoms. The van der Waals surface area contributed by atoms with Crippen molar-refractivity contribution in [2.45, 2.75) is 39.5 Å². The Hall–Kier alpha value is -0.843. The molecule has 1 rings (SSSR count). The van der Waals surface area contributed by atoms with Crippen LogP contribution < -0.4 is 0 Å². The van der Waals surface area contributed by atoms with E-state index in [4.69, 9.17) is 0 Å². The van der Waals surface area contributed by atoms with Crippen molar-refractivity contribution < 1.29 is 9.59 Å². The zero-order valence-electron chi connectivity index (χ0n) is 9.50. The van der Waals surface area contributed by atoms with Crippen LogP contribution in [0.1, 0.15) is 13.8 Å². The Balaban J connectivity index is 3.02. The van der Waals surface area contributed by atoms with E-state index in [1.807, 2.05) is 26.6 Å². The molecule has 3 amide bonds. The van der Waals surface area contributed by atoms with Crippen molar-refractivity contribution >= 4 is 20.2 Å². The number of urea groups is 1. The van der Waals surface area contributed by atoms with E-state index in [-0.39, 0.29) is 18.0 Å². The maximum atomic E-state index is 11.9. The minimum Gasteiger partial charge on any atom is -0.314 e. The van der Waals surface area contributed by atoms with E-state index in [2.05, 4.69) is 0 Å². The second-order valence-electron chi connectivity index (χ2n) is 4.59. The highest BCUT2D eigenvalue weighted by atomic mass is 28.3. The van der Waals surface area contributed by atoms with Gasteiger partial charge in [-0.25, -0.2) is 4.79 Å². The van der Waals surface area contributed by atoms with Crippen molar-refractivity contribution in [2.24, 2.45) is 0 Å². The molecule has 80 valence electrons. The number of imide groups is 1. The van der Waals surface area contributed by atoms with Crippen LogP contribution in [0.25, 0.3) is 0 Å². The molecule has 0 radical (unpaired) electrons. The molecule has 1 fully saturated rings. The molecule has 1 saturated heterocycles. The van der Waals surface area contributed by atoms with E-state index in [9.17, 15) is 9.59 Å². The fourth-order valence-electron chi connectivity index (χ4n) is 1.74. The summed E-state index contributed by atoms with van der Waals surface area (Å²) < 4.78 is 1.49. The number of carbonyl (C=O) groups is 2. The van der Waals surface area contributed by atoms with Crippen LogP contribution in [0.4, 0.5) is 4.79 Å². The van der Waals surface area contributed by atoms with Crippen molar-refractivity contribution in [1.82, 2.24) is 9.47 Å². The molecule has 0 aromatic carbocycles. The molecular formula is C9H18N2O2Si. The third-order valence-corrected chi connectivity index (χ3v) is 4.25. The van der Waals surface area contributed by atoms with Gasteiger partial charge >= 0.3 is 6.03 Å². The van der Waals surface area contributed by atoms with Crippen molar-refractivity contribution in [3.63, 3.8) is 0 Å². The van der Waals surface area contributed by atoms with Gasteiger partial charge in [0.25, 0.3) is 0 Å². The summed E-state index contributed by atoms with van der Waals surface area (Å²) in [5.41, 5.74) is 0. The van der Waals surface area contributed by atoms with Crippen LogP contribution in [0.5, 0.6) is 0 Å². The van der Waals surface area contributed by atoms with Gasteiger partial charge in [0, 0.05) is 6.54 Å². The van der Waals surface area contributed by atoms with Gasteiger partial charge < -0.3 is 4.90 Å². The first-order valence-corrected chi connectivity index (χ1v) is 8.40. The van der Waals surface area contributed by atoms with E-state index in [0.29, 0.717) is 6.54 Å². The summed E-state index contributed by atoms with van der Waals surface area (Å²) in [6, 6.07) is -0.386. The average Bonchev–Trinajstić information content (AvgIpc) is 2.22.